The van der Waals surface area contributed by atoms with Gasteiger partial charge in [-0.25, -0.2) is 0 Å². The SMILES string of the molecule is COC(=O)C1C(C)=NC(C)=C(c2cccnc2)C1c1cccc(C)c1. The van der Waals surface area contributed by atoms with Crippen LogP contribution in [0.1, 0.15) is 36.5 Å². The van der Waals surface area contributed by atoms with E-state index in [0.29, 0.717) is 0 Å². The van der Waals surface area contributed by atoms with E-state index in [-0.39, 0.29) is 11.9 Å². The fourth-order valence-electron chi connectivity index (χ4n) is 3.59. The summed E-state index contributed by atoms with van der Waals surface area (Å²) in [6.45, 7) is 5.94. The van der Waals surface area contributed by atoms with Crippen LogP contribution in [0, 0.1) is 12.8 Å². The number of hydrogen-bond donors (Lipinski definition) is 0. The number of hydrogen-bond acceptors (Lipinski definition) is 4. The summed E-state index contributed by atoms with van der Waals surface area (Å²) >= 11 is 0. The van der Waals surface area contributed by atoms with E-state index in [2.05, 4.69) is 35.1 Å². The molecule has 1 aliphatic heterocycles. The molecule has 0 bridgehead atoms. The van der Waals surface area contributed by atoms with Crippen LogP contribution in [0.5, 0.6) is 0 Å². The largest absolute Gasteiger partial charge is 0.468 e. The molecular formula is C21H22N2O2. The molecule has 3 rings (SSSR count). The molecule has 0 spiro atoms. The van der Waals surface area contributed by atoms with Gasteiger partial charge in [-0.3, -0.25) is 14.8 Å². The second-order valence-corrected chi connectivity index (χ2v) is 6.39. The fourth-order valence-corrected chi connectivity index (χ4v) is 3.59. The molecule has 1 aliphatic rings. The van der Waals surface area contributed by atoms with Gasteiger partial charge in [0, 0.05) is 29.7 Å². The van der Waals surface area contributed by atoms with Crippen molar-refractivity contribution in [1.29, 1.82) is 0 Å². The van der Waals surface area contributed by atoms with Gasteiger partial charge < -0.3 is 4.74 Å². The lowest BCUT2D eigenvalue weighted by atomic mass is 9.73. The molecule has 2 aromatic rings. The Morgan fingerprint density at radius 2 is 1.92 bits per heavy atom. The third-order valence-corrected chi connectivity index (χ3v) is 4.66. The van der Waals surface area contributed by atoms with Gasteiger partial charge in [0.2, 0.25) is 0 Å². The van der Waals surface area contributed by atoms with Crippen molar-refractivity contribution >= 4 is 17.3 Å². The van der Waals surface area contributed by atoms with Gasteiger partial charge in [-0.2, -0.15) is 0 Å². The molecule has 2 atom stereocenters. The van der Waals surface area contributed by atoms with Crippen LogP contribution >= 0.6 is 0 Å². The number of aliphatic imine (C=N–C) groups is 1. The Morgan fingerprint density at radius 1 is 1.12 bits per heavy atom. The smallest absolute Gasteiger partial charge is 0.315 e. The lowest BCUT2D eigenvalue weighted by Gasteiger charge is -2.32. The maximum Gasteiger partial charge on any atom is 0.315 e. The van der Waals surface area contributed by atoms with Crippen molar-refractivity contribution in [3.8, 4) is 0 Å². The van der Waals surface area contributed by atoms with Gasteiger partial charge in [0.05, 0.1) is 7.11 Å². The minimum absolute atomic E-state index is 0.144. The summed E-state index contributed by atoms with van der Waals surface area (Å²) in [5.41, 5.74) is 5.95. The number of allylic oxidation sites excluding steroid dienone is 2. The molecule has 0 saturated carbocycles. The number of benzene rings is 1. The van der Waals surface area contributed by atoms with Gasteiger partial charge in [0.1, 0.15) is 5.92 Å². The summed E-state index contributed by atoms with van der Waals surface area (Å²) in [5, 5.41) is 0. The molecule has 2 unspecified atom stereocenters. The highest BCUT2D eigenvalue weighted by Gasteiger charge is 2.39. The second-order valence-electron chi connectivity index (χ2n) is 6.39. The Hall–Kier alpha value is -2.75. The molecule has 0 aliphatic carbocycles. The highest BCUT2D eigenvalue weighted by atomic mass is 16.5. The first-order chi connectivity index (χ1) is 12.0. The zero-order valence-electron chi connectivity index (χ0n) is 15.0. The molecule has 2 heterocycles. The number of carbonyl (C=O) groups excluding carboxylic acids is 1. The van der Waals surface area contributed by atoms with E-state index >= 15 is 0 Å². The molecule has 0 N–H and O–H groups in total. The number of ether oxygens (including phenoxy) is 1. The zero-order valence-corrected chi connectivity index (χ0v) is 15.0. The maximum absolute atomic E-state index is 12.6. The van der Waals surface area contributed by atoms with E-state index < -0.39 is 5.92 Å². The van der Waals surface area contributed by atoms with Crippen molar-refractivity contribution < 1.29 is 9.53 Å². The molecule has 4 heteroatoms. The second kappa shape index (κ2) is 7.01. The van der Waals surface area contributed by atoms with E-state index in [9.17, 15) is 4.79 Å². The van der Waals surface area contributed by atoms with Crippen LogP contribution in [0.2, 0.25) is 0 Å². The lowest BCUT2D eigenvalue weighted by molar-refractivity contribution is -0.143. The summed E-state index contributed by atoms with van der Waals surface area (Å²) in [6.07, 6.45) is 3.57. The lowest BCUT2D eigenvalue weighted by Crippen LogP contribution is -2.33. The average Bonchev–Trinajstić information content (AvgIpc) is 2.61. The first-order valence-electron chi connectivity index (χ1n) is 8.33. The Morgan fingerprint density at radius 3 is 2.56 bits per heavy atom. The van der Waals surface area contributed by atoms with Crippen LogP contribution in [0.15, 0.2) is 59.5 Å². The number of rotatable bonds is 3. The van der Waals surface area contributed by atoms with E-state index in [0.717, 1.165) is 33.7 Å². The van der Waals surface area contributed by atoms with E-state index in [4.69, 9.17) is 4.74 Å². The predicted octanol–water partition coefficient (Wildman–Crippen LogP) is 4.17. The van der Waals surface area contributed by atoms with Gasteiger partial charge >= 0.3 is 5.97 Å². The van der Waals surface area contributed by atoms with E-state index in [1.54, 1.807) is 6.20 Å². The zero-order chi connectivity index (χ0) is 18.0. The summed E-state index contributed by atoms with van der Waals surface area (Å²) in [7, 11) is 1.43. The van der Waals surface area contributed by atoms with Crippen molar-refractivity contribution in [3.63, 3.8) is 0 Å². The minimum Gasteiger partial charge on any atom is -0.468 e. The summed E-state index contributed by atoms with van der Waals surface area (Å²) < 4.78 is 5.10. The number of esters is 1. The van der Waals surface area contributed by atoms with Gasteiger partial charge in [0.15, 0.2) is 0 Å². The number of pyridine rings is 1. The highest BCUT2D eigenvalue weighted by molar-refractivity contribution is 6.06. The van der Waals surface area contributed by atoms with E-state index in [1.165, 1.54) is 7.11 Å². The minimum atomic E-state index is -0.439. The fraction of sp³-hybridized carbons (Fsp3) is 0.286. The number of methoxy groups -OCH3 is 1. The van der Waals surface area contributed by atoms with Crippen LogP contribution in [0.25, 0.3) is 5.57 Å². The Balaban J connectivity index is 2.24. The van der Waals surface area contributed by atoms with Crippen LogP contribution in [0.4, 0.5) is 0 Å². The molecule has 0 radical (unpaired) electrons. The molecule has 25 heavy (non-hydrogen) atoms. The van der Waals surface area contributed by atoms with Gasteiger partial charge in [-0.1, -0.05) is 35.9 Å². The van der Waals surface area contributed by atoms with Crippen LogP contribution in [0.3, 0.4) is 0 Å². The molecule has 1 aromatic heterocycles. The molecule has 0 amide bonds. The van der Waals surface area contributed by atoms with Gasteiger partial charge in [-0.15, -0.1) is 0 Å². The van der Waals surface area contributed by atoms with Crippen LogP contribution in [-0.4, -0.2) is 23.8 Å². The maximum atomic E-state index is 12.6. The van der Waals surface area contributed by atoms with Crippen molar-refractivity contribution in [3.05, 3.63) is 71.2 Å². The van der Waals surface area contributed by atoms with Crippen molar-refractivity contribution in [2.24, 2.45) is 10.9 Å². The molecule has 0 saturated heterocycles. The quantitative estimate of drug-likeness (QED) is 0.792. The van der Waals surface area contributed by atoms with Crippen LogP contribution in [-0.2, 0) is 9.53 Å². The first kappa shape index (κ1) is 17.1. The standard InChI is InChI=1S/C21H22N2O2/c1-13-7-5-8-16(11-13)20-18(17-9-6-10-22-12-17)14(2)23-15(3)19(20)21(24)25-4/h5-12,19-20H,1-4H3. The Bertz CT molecular complexity index is 853. The molecule has 0 fully saturated rings. The monoisotopic (exact) mass is 334 g/mol. The Labute approximate surface area is 148 Å². The summed E-state index contributed by atoms with van der Waals surface area (Å²) in [4.78, 5) is 21.5. The first-order valence-corrected chi connectivity index (χ1v) is 8.33. The molecular weight excluding hydrogens is 312 g/mol. The number of carbonyl (C=O) groups is 1. The average molecular weight is 334 g/mol. The third kappa shape index (κ3) is 3.25. The van der Waals surface area contributed by atoms with Crippen LogP contribution < -0.4 is 0 Å². The molecule has 4 nitrogen and oxygen atoms in total. The summed E-state index contributed by atoms with van der Waals surface area (Å²) in [5.74, 6) is -0.846. The van der Waals surface area contributed by atoms with Gasteiger partial charge in [0.25, 0.3) is 0 Å². The predicted molar refractivity (Wildman–Crippen MR) is 99.4 cm³/mol. The van der Waals surface area contributed by atoms with Crippen molar-refractivity contribution in [2.45, 2.75) is 26.7 Å². The number of aryl methyl sites for hydroxylation is 1. The van der Waals surface area contributed by atoms with Gasteiger partial charge in [-0.05, 0) is 43.5 Å². The topological polar surface area (TPSA) is 51.5 Å². The van der Waals surface area contributed by atoms with E-state index in [1.807, 2.05) is 38.2 Å². The highest BCUT2D eigenvalue weighted by Crippen LogP contribution is 2.44. The number of aromatic nitrogens is 1. The van der Waals surface area contributed by atoms with Crippen molar-refractivity contribution in [1.82, 2.24) is 4.98 Å². The van der Waals surface area contributed by atoms with Crippen molar-refractivity contribution in [2.75, 3.05) is 7.11 Å². The number of nitrogens with zero attached hydrogens (tertiary/aromatic N) is 2. The molecule has 128 valence electrons. The third-order valence-electron chi connectivity index (χ3n) is 4.66. The normalized spacial score (nSPS) is 20.2. The summed E-state index contributed by atoms with van der Waals surface area (Å²) in [6, 6.07) is 12.2. The molecule has 1 aromatic carbocycles. The Kier molecular flexibility index (Phi) is 4.79.